The number of hydrogen-bond donors (Lipinski definition) is 2. The van der Waals surface area contributed by atoms with Gasteiger partial charge in [-0.25, -0.2) is 4.98 Å². The van der Waals surface area contributed by atoms with Crippen molar-refractivity contribution in [2.75, 3.05) is 0 Å². The quantitative estimate of drug-likeness (QED) is 0.523. The summed E-state index contributed by atoms with van der Waals surface area (Å²) in [6.07, 6.45) is 7.38. The third kappa shape index (κ3) is 2.34. The van der Waals surface area contributed by atoms with E-state index in [0.29, 0.717) is 5.82 Å². The second-order valence-electron chi connectivity index (χ2n) is 5.72. The van der Waals surface area contributed by atoms with E-state index in [9.17, 15) is 0 Å². The Kier molecular flexibility index (Phi) is 3.04. The van der Waals surface area contributed by atoms with Gasteiger partial charge in [0, 0.05) is 35.4 Å². The number of rotatable bonds is 3. The topological polar surface area (TPSA) is 88.1 Å². The third-order valence-corrected chi connectivity index (χ3v) is 4.92. The summed E-state index contributed by atoms with van der Waals surface area (Å²) in [5.74, 6) is 0.715. The molecule has 5 heterocycles. The first kappa shape index (κ1) is 14.1. The zero-order chi connectivity index (χ0) is 16.8. The van der Waals surface area contributed by atoms with Gasteiger partial charge in [0.1, 0.15) is 11.2 Å². The molecule has 0 aromatic carbocycles. The molecule has 25 heavy (non-hydrogen) atoms. The summed E-state index contributed by atoms with van der Waals surface area (Å²) in [6, 6.07) is 6.07. The fourth-order valence-electron chi connectivity index (χ4n) is 2.82. The molecule has 8 heteroatoms. The SMILES string of the molecule is Cn1cc(-c2cc(-c3nc4c(-c5cccs5)cncc4[nH]3)n[nH]2)cn1. The van der Waals surface area contributed by atoms with Crippen molar-refractivity contribution in [3.63, 3.8) is 0 Å². The van der Waals surface area contributed by atoms with Gasteiger partial charge in [-0.05, 0) is 17.5 Å². The van der Waals surface area contributed by atoms with Gasteiger partial charge in [-0.15, -0.1) is 11.3 Å². The molecule has 7 nitrogen and oxygen atoms in total. The Labute approximate surface area is 146 Å². The first-order chi connectivity index (χ1) is 12.3. The van der Waals surface area contributed by atoms with E-state index in [0.717, 1.165) is 38.4 Å². The van der Waals surface area contributed by atoms with E-state index in [4.69, 9.17) is 4.98 Å². The number of aromatic amines is 2. The van der Waals surface area contributed by atoms with E-state index in [1.54, 1.807) is 28.4 Å². The molecule has 0 unspecified atom stereocenters. The van der Waals surface area contributed by atoms with Gasteiger partial charge in [-0.2, -0.15) is 10.2 Å². The first-order valence-electron chi connectivity index (χ1n) is 7.70. The number of thiophene rings is 1. The number of pyridine rings is 1. The average molecular weight is 347 g/mol. The number of nitrogens with one attached hydrogen (secondary N) is 2. The lowest BCUT2D eigenvalue weighted by molar-refractivity contribution is 0.768. The molecule has 0 aliphatic rings. The van der Waals surface area contributed by atoms with Crippen LogP contribution in [0.25, 0.3) is 44.2 Å². The smallest absolute Gasteiger partial charge is 0.159 e. The third-order valence-electron chi connectivity index (χ3n) is 4.02. The highest BCUT2D eigenvalue weighted by Gasteiger charge is 2.14. The number of H-pyrrole nitrogens is 2. The van der Waals surface area contributed by atoms with Gasteiger partial charge in [0.2, 0.25) is 0 Å². The summed E-state index contributed by atoms with van der Waals surface area (Å²) in [6.45, 7) is 0. The molecular formula is C17H13N7S. The second-order valence-corrected chi connectivity index (χ2v) is 6.66. The molecule has 5 aromatic rings. The van der Waals surface area contributed by atoms with Crippen molar-refractivity contribution in [1.82, 2.24) is 34.9 Å². The van der Waals surface area contributed by atoms with Crippen LogP contribution in [-0.4, -0.2) is 34.9 Å². The van der Waals surface area contributed by atoms with Gasteiger partial charge < -0.3 is 4.98 Å². The molecule has 0 saturated heterocycles. The van der Waals surface area contributed by atoms with Gasteiger partial charge in [0.05, 0.1) is 23.6 Å². The largest absolute Gasteiger partial charge is 0.335 e. The predicted molar refractivity (Wildman–Crippen MR) is 97.0 cm³/mol. The number of aromatic nitrogens is 7. The van der Waals surface area contributed by atoms with E-state index < -0.39 is 0 Å². The highest BCUT2D eigenvalue weighted by Crippen LogP contribution is 2.31. The minimum absolute atomic E-state index is 0.715. The van der Waals surface area contributed by atoms with E-state index in [-0.39, 0.29) is 0 Å². The van der Waals surface area contributed by atoms with Gasteiger partial charge in [0.25, 0.3) is 0 Å². The van der Waals surface area contributed by atoms with Crippen LogP contribution in [0.2, 0.25) is 0 Å². The van der Waals surface area contributed by atoms with Crippen LogP contribution in [0.15, 0.2) is 48.4 Å². The van der Waals surface area contributed by atoms with Crippen LogP contribution >= 0.6 is 11.3 Å². The van der Waals surface area contributed by atoms with E-state index in [1.807, 2.05) is 31.6 Å². The van der Waals surface area contributed by atoms with Crippen LogP contribution in [0.3, 0.4) is 0 Å². The van der Waals surface area contributed by atoms with Crippen LogP contribution in [0.5, 0.6) is 0 Å². The van der Waals surface area contributed by atoms with E-state index >= 15 is 0 Å². The Morgan fingerprint density at radius 3 is 2.96 bits per heavy atom. The Morgan fingerprint density at radius 1 is 1.20 bits per heavy atom. The molecule has 0 aliphatic heterocycles. The molecule has 0 spiro atoms. The predicted octanol–water partition coefficient (Wildman–Crippen LogP) is 3.48. The van der Waals surface area contributed by atoms with Crippen LogP contribution in [0.4, 0.5) is 0 Å². The number of nitrogens with zero attached hydrogens (tertiary/aromatic N) is 5. The van der Waals surface area contributed by atoms with Crippen molar-refractivity contribution in [2.24, 2.45) is 7.05 Å². The summed E-state index contributed by atoms with van der Waals surface area (Å²) in [5, 5.41) is 13.7. The molecule has 0 atom stereocenters. The van der Waals surface area contributed by atoms with Crippen LogP contribution in [-0.2, 0) is 7.05 Å². The zero-order valence-corrected chi connectivity index (χ0v) is 14.1. The minimum Gasteiger partial charge on any atom is -0.335 e. The maximum atomic E-state index is 4.76. The number of imidazole rings is 1. The van der Waals surface area contributed by atoms with Crippen LogP contribution in [0, 0.1) is 0 Å². The lowest BCUT2D eigenvalue weighted by Gasteiger charge is -1.96. The Balaban J connectivity index is 1.60. The highest BCUT2D eigenvalue weighted by atomic mass is 32.1. The van der Waals surface area contributed by atoms with Crippen molar-refractivity contribution in [1.29, 1.82) is 0 Å². The molecule has 0 aliphatic carbocycles. The maximum Gasteiger partial charge on any atom is 0.159 e. The van der Waals surface area contributed by atoms with Crippen molar-refractivity contribution in [3.8, 4) is 33.2 Å². The first-order valence-corrected chi connectivity index (χ1v) is 8.58. The van der Waals surface area contributed by atoms with E-state index in [2.05, 4.69) is 36.7 Å². The molecule has 5 rings (SSSR count). The van der Waals surface area contributed by atoms with Gasteiger partial charge in [0.15, 0.2) is 5.82 Å². The van der Waals surface area contributed by atoms with Crippen molar-refractivity contribution in [2.45, 2.75) is 0 Å². The lowest BCUT2D eigenvalue weighted by Crippen LogP contribution is -1.84. The van der Waals surface area contributed by atoms with E-state index in [1.165, 1.54) is 0 Å². The molecule has 2 N–H and O–H groups in total. The van der Waals surface area contributed by atoms with Crippen molar-refractivity contribution in [3.05, 3.63) is 48.4 Å². The number of fused-ring (bicyclic) bond motifs is 1. The molecular weight excluding hydrogens is 334 g/mol. The standard InChI is InChI=1S/C17H13N7S/c1-24-9-10(6-19-24)12-5-13(23-22-12)17-20-14-8-18-7-11(16(14)21-17)15-3-2-4-25-15/h2-9H,1H3,(H,20,21)(H,22,23). The molecule has 122 valence electrons. The van der Waals surface area contributed by atoms with Crippen LogP contribution < -0.4 is 0 Å². The molecule has 5 aromatic heterocycles. The monoisotopic (exact) mass is 347 g/mol. The minimum atomic E-state index is 0.715. The molecule has 0 amide bonds. The molecule has 0 saturated carbocycles. The number of aryl methyl sites for hydroxylation is 1. The van der Waals surface area contributed by atoms with Gasteiger partial charge in [-0.1, -0.05) is 6.07 Å². The maximum absolute atomic E-state index is 4.76. The summed E-state index contributed by atoms with van der Waals surface area (Å²) < 4.78 is 1.76. The Morgan fingerprint density at radius 2 is 2.16 bits per heavy atom. The molecule has 0 fully saturated rings. The van der Waals surface area contributed by atoms with Crippen molar-refractivity contribution >= 4 is 22.4 Å². The molecule has 0 radical (unpaired) electrons. The zero-order valence-electron chi connectivity index (χ0n) is 13.3. The Bertz CT molecular complexity index is 1160. The van der Waals surface area contributed by atoms with Gasteiger partial charge in [-0.3, -0.25) is 14.8 Å². The average Bonchev–Trinajstić information content (AvgIpc) is 3.38. The van der Waals surface area contributed by atoms with Crippen molar-refractivity contribution < 1.29 is 0 Å². The molecule has 0 bridgehead atoms. The summed E-state index contributed by atoms with van der Waals surface area (Å²) >= 11 is 1.67. The fourth-order valence-corrected chi connectivity index (χ4v) is 3.55. The highest BCUT2D eigenvalue weighted by molar-refractivity contribution is 7.13. The fraction of sp³-hybridized carbons (Fsp3) is 0.0588. The van der Waals surface area contributed by atoms with Crippen LogP contribution in [0.1, 0.15) is 0 Å². The summed E-state index contributed by atoms with van der Waals surface area (Å²) in [7, 11) is 1.89. The van der Waals surface area contributed by atoms with Gasteiger partial charge >= 0.3 is 0 Å². The summed E-state index contributed by atoms with van der Waals surface area (Å²) in [4.78, 5) is 13.5. The Hall–Kier alpha value is -3.26. The number of hydrogen-bond acceptors (Lipinski definition) is 5. The second kappa shape index (κ2) is 5.38. The summed E-state index contributed by atoms with van der Waals surface area (Å²) in [5.41, 5.74) is 5.47. The normalized spacial score (nSPS) is 11.4. The lowest BCUT2D eigenvalue weighted by atomic mass is 10.2.